The van der Waals surface area contributed by atoms with Crippen LogP contribution >= 0.6 is 23.2 Å². The Morgan fingerprint density at radius 1 is 0.971 bits per heavy atom. The largest absolute Gasteiger partial charge is 0.343 e. The van der Waals surface area contributed by atoms with E-state index < -0.39 is 0 Å². The van der Waals surface area contributed by atoms with E-state index in [-0.39, 0.29) is 30.6 Å². The third kappa shape index (κ3) is 5.24. The molecule has 3 aromatic rings. The molecule has 5 rings (SSSR count). The number of anilines is 1. The number of rotatable bonds is 6. The highest BCUT2D eigenvalue weighted by molar-refractivity contribution is 6.33. The number of piperidine rings is 1. The van der Waals surface area contributed by atoms with Crippen LogP contribution in [0.4, 0.5) is 5.69 Å². The topological polar surface area (TPSA) is 58.4 Å². The van der Waals surface area contributed by atoms with Crippen LogP contribution in [0.5, 0.6) is 0 Å². The molecular weight excluding hydrogens is 483 g/mol. The molecule has 0 spiro atoms. The molecule has 0 bridgehead atoms. The molecule has 0 radical (unpaired) electrons. The monoisotopic (exact) mass is 510 g/mol. The van der Waals surface area contributed by atoms with Gasteiger partial charge in [-0.15, -0.1) is 0 Å². The molecule has 1 saturated heterocycles. The number of carbonyl (C=O) groups is 2. The number of amides is 2. The predicted octanol–water partition coefficient (Wildman–Crippen LogP) is 5.31. The molecule has 3 heterocycles. The van der Waals surface area contributed by atoms with Gasteiger partial charge in [0.15, 0.2) is 0 Å². The van der Waals surface area contributed by atoms with Crippen LogP contribution in [0, 0.1) is 0 Å². The lowest BCUT2D eigenvalue weighted by atomic mass is 9.95. The summed E-state index contributed by atoms with van der Waals surface area (Å²) in [4.78, 5) is 33.9. The summed E-state index contributed by atoms with van der Waals surface area (Å²) in [5.74, 6) is 1.36. The van der Waals surface area contributed by atoms with E-state index in [1.54, 1.807) is 6.07 Å². The zero-order valence-corrected chi connectivity index (χ0v) is 21.0. The molecule has 6 nitrogen and oxygen atoms in total. The van der Waals surface area contributed by atoms with Crippen molar-refractivity contribution in [2.75, 3.05) is 24.5 Å². The summed E-state index contributed by atoms with van der Waals surface area (Å²) in [6, 6.07) is 13.5. The van der Waals surface area contributed by atoms with Gasteiger partial charge < -0.3 is 14.4 Å². The Bertz CT molecular complexity index is 1230. The molecular formula is C27H28Cl2N4O2. The summed E-state index contributed by atoms with van der Waals surface area (Å²) in [5, 5.41) is 1.34. The van der Waals surface area contributed by atoms with E-state index in [0.29, 0.717) is 36.2 Å². The first-order chi connectivity index (χ1) is 17.0. The van der Waals surface area contributed by atoms with Crippen LogP contribution in [0.25, 0.3) is 0 Å². The Balaban J connectivity index is 1.14. The fraction of sp³-hybridized carbons (Fsp3) is 0.370. The average molecular weight is 511 g/mol. The van der Waals surface area contributed by atoms with Crippen molar-refractivity contribution < 1.29 is 9.59 Å². The highest BCUT2D eigenvalue weighted by atomic mass is 35.5. The molecule has 0 atom stereocenters. The molecule has 2 aromatic carbocycles. The highest BCUT2D eigenvalue weighted by Crippen LogP contribution is 2.30. The van der Waals surface area contributed by atoms with Crippen molar-refractivity contribution in [3.05, 3.63) is 81.9 Å². The number of halogens is 2. The van der Waals surface area contributed by atoms with E-state index in [0.717, 1.165) is 36.3 Å². The molecule has 182 valence electrons. The van der Waals surface area contributed by atoms with Crippen molar-refractivity contribution in [1.82, 2.24) is 14.5 Å². The van der Waals surface area contributed by atoms with Crippen LogP contribution in [-0.4, -0.2) is 45.9 Å². The average Bonchev–Trinajstić information content (AvgIpc) is 3.52. The third-order valence-corrected chi connectivity index (χ3v) is 7.65. The van der Waals surface area contributed by atoms with Crippen molar-refractivity contribution in [2.24, 2.45) is 0 Å². The zero-order chi connectivity index (χ0) is 24.4. The Hall–Kier alpha value is -2.83. The van der Waals surface area contributed by atoms with Gasteiger partial charge in [-0.25, -0.2) is 4.98 Å². The molecule has 0 saturated carbocycles. The van der Waals surface area contributed by atoms with Crippen LogP contribution < -0.4 is 4.90 Å². The molecule has 35 heavy (non-hydrogen) atoms. The van der Waals surface area contributed by atoms with Crippen molar-refractivity contribution in [2.45, 2.75) is 44.6 Å². The zero-order valence-electron chi connectivity index (χ0n) is 19.5. The van der Waals surface area contributed by atoms with E-state index in [2.05, 4.69) is 15.6 Å². The van der Waals surface area contributed by atoms with Crippen LogP contribution in [0.15, 0.2) is 54.9 Å². The Labute approximate surface area is 215 Å². The van der Waals surface area contributed by atoms with Gasteiger partial charge in [0, 0.05) is 66.5 Å². The van der Waals surface area contributed by atoms with E-state index in [1.807, 2.05) is 52.5 Å². The predicted molar refractivity (Wildman–Crippen MR) is 138 cm³/mol. The Kier molecular flexibility index (Phi) is 7.12. The van der Waals surface area contributed by atoms with Crippen molar-refractivity contribution in [3.63, 3.8) is 0 Å². The number of para-hydroxylation sites is 1. The summed E-state index contributed by atoms with van der Waals surface area (Å²) in [5.41, 5.74) is 3.14. The van der Waals surface area contributed by atoms with Gasteiger partial charge in [-0.1, -0.05) is 41.4 Å². The van der Waals surface area contributed by atoms with Crippen molar-refractivity contribution in [1.29, 1.82) is 0 Å². The second-order valence-corrected chi connectivity index (χ2v) is 10.1. The van der Waals surface area contributed by atoms with Gasteiger partial charge in [0.1, 0.15) is 5.82 Å². The minimum absolute atomic E-state index is 0.0277. The van der Waals surface area contributed by atoms with E-state index in [9.17, 15) is 9.59 Å². The molecule has 2 aliphatic rings. The molecule has 1 aromatic heterocycles. The minimum atomic E-state index is 0.0277. The highest BCUT2D eigenvalue weighted by Gasteiger charge is 2.28. The number of hydrogen-bond acceptors (Lipinski definition) is 3. The maximum atomic E-state index is 12.8. The number of carbonyl (C=O) groups excluding carboxylic acids is 2. The number of nitrogens with zero attached hydrogens (tertiary/aromatic N) is 4. The first-order valence-corrected chi connectivity index (χ1v) is 12.9. The maximum absolute atomic E-state index is 12.8. The van der Waals surface area contributed by atoms with E-state index in [1.165, 1.54) is 5.56 Å². The second kappa shape index (κ2) is 10.4. The van der Waals surface area contributed by atoms with Crippen molar-refractivity contribution in [3.8, 4) is 0 Å². The van der Waals surface area contributed by atoms with Gasteiger partial charge in [0.2, 0.25) is 11.8 Å². The first kappa shape index (κ1) is 23.9. The number of fused-ring (bicyclic) bond motifs is 1. The molecule has 2 aliphatic heterocycles. The molecule has 0 N–H and O–H groups in total. The summed E-state index contributed by atoms with van der Waals surface area (Å²) in [6.07, 6.45) is 6.85. The molecule has 1 fully saturated rings. The van der Waals surface area contributed by atoms with E-state index in [4.69, 9.17) is 23.2 Å². The molecule has 0 aliphatic carbocycles. The first-order valence-electron chi connectivity index (χ1n) is 12.1. The maximum Gasteiger partial charge on any atom is 0.227 e. The summed E-state index contributed by atoms with van der Waals surface area (Å²) < 4.78 is 2.12. The number of aromatic nitrogens is 2. The Morgan fingerprint density at radius 2 is 1.74 bits per heavy atom. The lowest BCUT2D eigenvalue weighted by molar-refractivity contribution is -0.134. The number of imidazole rings is 1. The third-order valence-electron chi connectivity index (χ3n) is 7.05. The molecule has 2 amide bonds. The smallest absolute Gasteiger partial charge is 0.227 e. The van der Waals surface area contributed by atoms with Gasteiger partial charge in [-0.05, 0) is 54.7 Å². The summed E-state index contributed by atoms with van der Waals surface area (Å²) in [6.45, 7) is 2.66. The summed E-state index contributed by atoms with van der Waals surface area (Å²) in [7, 11) is 0. The lowest BCUT2D eigenvalue weighted by Crippen LogP contribution is -2.39. The fourth-order valence-electron chi connectivity index (χ4n) is 5.15. The SMILES string of the molecule is O=C(CCC(=O)N1CCc2ccccc21)N1CCC(c2nccn2Cc2cc(Cl)ccc2Cl)CC1. The van der Waals surface area contributed by atoms with Gasteiger partial charge in [-0.3, -0.25) is 9.59 Å². The normalized spacial score (nSPS) is 15.9. The Morgan fingerprint density at radius 3 is 2.57 bits per heavy atom. The van der Waals surface area contributed by atoms with Gasteiger partial charge in [0.05, 0.1) is 6.54 Å². The summed E-state index contributed by atoms with van der Waals surface area (Å²) >= 11 is 12.5. The number of hydrogen-bond donors (Lipinski definition) is 0. The van der Waals surface area contributed by atoms with E-state index >= 15 is 0 Å². The van der Waals surface area contributed by atoms with Gasteiger partial charge in [0.25, 0.3) is 0 Å². The molecule has 0 unspecified atom stereocenters. The van der Waals surface area contributed by atoms with Crippen LogP contribution in [0.1, 0.15) is 48.6 Å². The fourth-order valence-corrected chi connectivity index (χ4v) is 5.53. The quantitative estimate of drug-likeness (QED) is 0.451. The second-order valence-electron chi connectivity index (χ2n) is 9.23. The molecule has 8 heteroatoms. The van der Waals surface area contributed by atoms with Crippen LogP contribution in [0.2, 0.25) is 10.0 Å². The lowest BCUT2D eigenvalue weighted by Gasteiger charge is -2.32. The standard InChI is InChI=1S/C27H28Cl2N4O2/c28-22-5-6-23(29)21(17-22)18-32-16-12-30-27(32)20-9-13-31(14-10-20)25(34)7-8-26(35)33-15-11-19-3-1-2-4-24(19)33/h1-6,12,16-17,20H,7-11,13-15,18H2. The van der Waals surface area contributed by atoms with Gasteiger partial charge >= 0.3 is 0 Å². The van der Waals surface area contributed by atoms with Crippen molar-refractivity contribution >= 4 is 40.7 Å². The van der Waals surface area contributed by atoms with Crippen LogP contribution in [-0.2, 0) is 22.6 Å². The van der Waals surface area contributed by atoms with Gasteiger partial charge in [-0.2, -0.15) is 0 Å². The number of benzene rings is 2. The minimum Gasteiger partial charge on any atom is -0.343 e. The van der Waals surface area contributed by atoms with Crippen LogP contribution in [0.3, 0.4) is 0 Å². The number of likely N-dealkylation sites (tertiary alicyclic amines) is 1.